The van der Waals surface area contributed by atoms with Gasteiger partial charge >= 0.3 is 0 Å². The molecule has 6 heteroatoms. The maximum atomic E-state index is 14.0. The van der Waals surface area contributed by atoms with Crippen LogP contribution in [0.2, 0.25) is 0 Å². The molecule has 1 N–H and O–H groups in total. The second-order valence-corrected chi connectivity index (χ2v) is 4.57. The van der Waals surface area contributed by atoms with Gasteiger partial charge in [0, 0.05) is 31.7 Å². The minimum absolute atomic E-state index is 0. The summed E-state index contributed by atoms with van der Waals surface area (Å²) in [4.78, 5) is 2.11. The van der Waals surface area contributed by atoms with Gasteiger partial charge in [-0.1, -0.05) is 18.2 Å². The van der Waals surface area contributed by atoms with Gasteiger partial charge in [0.05, 0.1) is 6.04 Å². The second-order valence-electron chi connectivity index (χ2n) is 4.57. The molecule has 2 rings (SSSR count). The maximum absolute atomic E-state index is 14.0. The topological polar surface area (TPSA) is 15.3 Å². The molecule has 1 atom stereocenters. The number of halogens is 4. The van der Waals surface area contributed by atoms with Crippen molar-refractivity contribution in [1.82, 2.24) is 10.2 Å². The fourth-order valence-electron chi connectivity index (χ4n) is 2.32. The van der Waals surface area contributed by atoms with Crippen LogP contribution in [0.1, 0.15) is 17.2 Å². The number of benzene rings is 1. The maximum Gasteiger partial charge on any atom is 0.164 e. The number of piperazine rings is 1. The Labute approximate surface area is 131 Å². The zero-order valence-electron chi connectivity index (χ0n) is 11.4. The second kappa shape index (κ2) is 8.57. The Balaban J connectivity index is 0.00000180. The van der Waals surface area contributed by atoms with E-state index in [1.807, 2.05) is 0 Å². The molecule has 1 heterocycles. The first-order chi connectivity index (χ1) is 8.65. The minimum Gasteiger partial charge on any atom is -0.314 e. The Bertz CT molecular complexity index is 449. The van der Waals surface area contributed by atoms with Crippen LogP contribution < -0.4 is 5.32 Å². The molecule has 0 radical (unpaired) electrons. The van der Waals surface area contributed by atoms with Crippen LogP contribution >= 0.6 is 24.8 Å². The highest BCUT2D eigenvalue weighted by molar-refractivity contribution is 5.85. The molecule has 0 spiro atoms. The number of aryl methyl sites for hydroxylation is 1. The summed E-state index contributed by atoms with van der Waals surface area (Å²) in [6.45, 7) is 8.67. The number of nitrogens with one attached hydrogen (secondary N) is 1. The van der Waals surface area contributed by atoms with Crippen molar-refractivity contribution in [3.8, 4) is 0 Å². The normalized spacial score (nSPS) is 16.8. The van der Waals surface area contributed by atoms with E-state index in [0.29, 0.717) is 11.1 Å². The summed E-state index contributed by atoms with van der Waals surface area (Å²) in [7, 11) is 0. The Morgan fingerprint density at radius 3 is 2.35 bits per heavy atom. The molecule has 1 saturated heterocycles. The van der Waals surface area contributed by atoms with Gasteiger partial charge in [-0.25, -0.2) is 8.78 Å². The molecule has 0 amide bonds. The lowest BCUT2D eigenvalue weighted by Gasteiger charge is -2.33. The van der Waals surface area contributed by atoms with Gasteiger partial charge in [0.2, 0.25) is 0 Å². The highest BCUT2D eigenvalue weighted by atomic mass is 35.5. The summed E-state index contributed by atoms with van der Waals surface area (Å²) in [6.07, 6.45) is 1.68. The Morgan fingerprint density at radius 1 is 1.20 bits per heavy atom. The van der Waals surface area contributed by atoms with Gasteiger partial charge in [0.25, 0.3) is 0 Å². The van der Waals surface area contributed by atoms with Crippen molar-refractivity contribution in [2.24, 2.45) is 0 Å². The highest BCUT2D eigenvalue weighted by Gasteiger charge is 2.23. The van der Waals surface area contributed by atoms with Crippen molar-refractivity contribution >= 4 is 24.8 Å². The third-order valence-corrected chi connectivity index (χ3v) is 3.39. The van der Waals surface area contributed by atoms with Crippen LogP contribution in [0, 0.1) is 18.6 Å². The fraction of sp³-hybridized carbons (Fsp3) is 0.429. The van der Waals surface area contributed by atoms with Crippen LogP contribution in [0.5, 0.6) is 0 Å². The third kappa shape index (κ3) is 3.92. The SMILES string of the molecule is C=C[C@H](c1ccc(C)c(F)c1F)N1CCNCC1.Cl.Cl. The zero-order valence-corrected chi connectivity index (χ0v) is 13.0. The van der Waals surface area contributed by atoms with Crippen molar-refractivity contribution in [2.75, 3.05) is 26.2 Å². The van der Waals surface area contributed by atoms with E-state index >= 15 is 0 Å². The minimum atomic E-state index is -0.755. The highest BCUT2D eigenvalue weighted by Crippen LogP contribution is 2.27. The molecule has 20 heavy (non-hydrogen) atoms. The van der Waals surface area contributed by atoms with Crippen LogP contribution in [0.3, 0.4) is 0 Å². The van der Waals surface area contributed by atoms with Crippen molar-refractivity contribution in [1.29, 1.82) is 0 Å². The molecule has 0 aliphatic carbocycles. The number of hydrogen-bond donors (Lipinski definition) is 1. The van der Waals surface area contributed by atoms with E-state index in [-0.39, 0.29) is 30.9 Å². The first-order valence-electron chi connectivity index (χ1n) is 6.17. The van der Waals surface area contributed by atoms with E-state index in [1.165, 1.54) is 0 Å². The summed E-state index contributed by atoms with van der Waals surface area (Å²) < 4.78 is 27.6. The van der Waals surface area contributed by atoms with Gasteiger partial charge < -0.3 is 5.32 Å². The van der Waals surface area contributed by atoms with Crippen molar-refractivity contribution < 1.29 is 8.78 Å². The summed E-state index contributed by atoms with van der Waals surface area (Å²) in [5.74, 6) is -1.51. The molecule has 1 aliphatic heterocycles. The van der Waals surface area contributed by atoms with Gasteiger partial charge in [-0.2, -0.15) is 0 Å². The fourth-order valence-corrected chi connectivity index (χ4v) is 2.32. The molecular formula is C14H20Cl2F2N2. The molecule has 1 fully saturated rings. The predicted octanol–water partition coefficient (Wildman–Crippen LogP) is 3.25. The Hall–Kier alpha value is -0.680. The zero-order chi connectivity index (χ0) is 13.1. The molecule has 1 aromatic carbocycles. The predicted molar refractivity (Wildman–Crippen MR) is 83.0 cm³/mol. The molecule has 0 saturated carbocycles. The average Bonchev–Trinajstić information content (AvgIpc) is 2.41. The first-order valence-corrected chi connectivity index (χ1v) is 6.17. The van der Waals surface area contributed by atoms with Crippen molar-refractivity contribution in [3.05, 3.63) is 47.5 Å². The Kier molecular flexibility index (Phi) is 8.28. The monoisotopic (exact) mass is 324 g/mol. The largest absolute Gasteiger partial charge is 0.314 e. The van der Waals surface area contributed by atoms with Crippen molar-refractivity contribution in [3.63, 3.8) is 0 Å². The quantitative estimate of drug-likeness (QED) is 0.858. The molecule has 114 valence electrons. The Morgan fingerprint density at radius 2 is 1.80 bits per heavy atom. The molecule has 0 aromatic heterocycles. The van der Waals surface area contributed by atoms with Gasteiger partial charge in [0.15, 0.2) is 11.6 Å². The smallest absolute Gasteiger partial charge is 0.164 e. The third-order valence-electron chi connectivity index (χ3n) is 3.39. The molecule has 0 bridgehead atoms. The average molecular weight is 325 g/mol. The van der Waals surface area contributed by atoms with E-state index in [1.54, 1.807) is 25.1 Å². The lowest BCUT2D eigenvalue weighted by molar-refractivity contribution is 0.199. The van der Waals surface area contributed by atoms with Gasteiger partial charge in [-0.3, -0.25) is 4.90 Å². The lowest BCUT2D eigenvalue weighted by atomic mass is 10.0. The first kappa shape index (κ1) is 19.3. The summed E-state index contributed by atoms with van der Waals surface area (Å²) in [5, 5.41) is 3.24. The van der Waals surface area contributed by atoms with Crippen LogP contribution in [0.4, 0.5) is 8.78 Å². The molecule has 1 aliphatic rings. The number of hydrogen-bond acceptors (Lipinski definition) is 2. The van der Waals surface area contributed by atoms with Crippen molar-refractivity contribution in [2.45, 2.75) is 13.0 Å². The number of nitrogens with zero attached hydrogens (tertiary/aromatic N) is 1. The summed E-state index contributed by atoms with van der Waals surface area (Å²) >= 11 is 0. The molecular weight excluding hydrogens is 305 g/mol. The van der Waals surface area contributed by atoms with E-state index in [9.17, 15) is 8.78 Å². The molecule has 1 aromatic rings. The van der Waals surface area contributed by atoms with Crippen LogP contribution in [0.25, 0.3) is 0 Å². The lowest BCUT2D eigenvalue weighted by Crippen LogP contribution is -2.44. The summed E-state index contributed by atoms with van der Waals surface area (Å²) in [6, 6.07) is 3.01. The van der Waals surface area contributed by atoms with E-state index in [4.69, 9.17) is 0 Å². The van der Waals surface area contributed by atoms with Crippen LogP contribution in [0.15, 0.2) is 24.8 Å². The standard InChI is InChI=1S/C14H18F2N2.2ClH/c1-3-12(18-8-6-17-7-9-18)11-5-4-10(2)13(15)14(11)16;;/h3-5,12,17H,1,6-9H2,2H3;2*1H/t12-;;/m1../s1. The van der Waals surface area contributed by atoms with E-state index in [0.717, 1.165) is 26.2 Å². The van der Waals surface area contributed by atoms with Crippen LogP contribution in [-0.4, -0.2) is 31.1 Å². The van der Waals surface area contributed by atoms with E-state index in [2.05, 4.69) is 16.8 Å². The number of rotatable bonds is 3. The molecule has 0 unspecified atom stereocenters. The van der Waals surface area contributed by atoms with Gasteiger partial charge in [0.1, 0.15) is 0 Å². The van der Waals surface area contributed by atoms with Crippen LogP contribution in [-0.2, 0) is 0 Å². The molecule has 2 nitrogen and oxygen atoms in total. The summed E-state index contributed by atoms with van der Waals surface area (Å²) in [5.41, 5.74) is 0.703. The van der Waals surface area contributed by atoms with E-state index < -0.39 is 11.6 Å². The van der Waals surface area contributed by atoms with Gasteiger partial charge in [-0.15, -0.1) is 31.4 Å². The van der Waals surface area contributed by atoms with Gasteiger partial charge in [-0.05, 0) is 12.5 Å².